The molecule has 1 aromatic heterocycles. The molecule has 8 nitrogen and oxygen atoms in total. The van der Waals surface area contributed by atoms with Crippen molar-refractivity contribution in [3.05, 3.63) is 72.6 Å². The van der Waals surface area contributed by atoms with Crippen LogP contribution in [-0.2, 0) is 15.5 Å². The summed E-state index contributed by atoms with van der Waals surface area (Å²) < 4.78 is 33.6. The van der Waals surface area contributed by atoms with E-state index < -0.39 is 23.7 Å². The second kappa shape index (κ2) is 9.13. The second-order valence-corrected chi connectivity index (χ2v) is 8.14. The molecule has 2 amide bonds. The summed E-state index contributed by atoms with van der Waals surface area (Å²) in [7, 11) is 1.50. The van der Waals surface area contributed by atoms with Crippen LogP contribution in [0.25, 0.3) is 11.1 Å². The Morgan fingerprint density at radius 2 is 1.97 bits per heavy atom. The van der Waals surface area contributed by atoms with Crippen molar-refractivity contribution in [3.8, 4) is 16.9 Å². The summed E-state index contributed by atoms with van der Waals surface area (Å²) in [5.74, 6) is -5.04. The number of ether oxygens (including phenoxy) is 1. The average molecular weight is 481 g/mol. The zero-order valence-corrected chi connectivity index (χ0v) is 19.2. The van der Waals surface area contributed by atoms with Gasteiger partial charge in [-0.1, -0.05) is 12.1 Å². The first-order chi connectivity index (χ1) is 16.6. The number of alkyl halides is 2. The molecule has 1 atom stereocenters. The van der Waals surface area contributed by atoms with Gasteiger partial charge in [0.05, 0.1) is 24.1 Å². The number of carbonyl (C=O) groups is 2. The lowest BCUT2D eigenvalue weighted by atomic mass is 10.0. The number of carbonyl (C=O) groups excluding carboxylic acids is 2. The Balaban J connectivity index is 1.60. The summed E-state index contributed by atoms with van der Waals surface area (Å²) in [4.78, 5) is 26.1. The van der Waals surface area contributed by atoms with Crippen LogP contribution in [0.3, 0.4) is 0 Å². The summed E-state index contributed by atoms with van der Waals surface area (Å²) in [5.41, 5.74) is 1.77. The van der Waals surface area contributed by atoms with Crippen LogP contribution in [0.5, 0.6) is 5.75 Å². The highest BCUT2D eigenvalue weighted by Gasteiger charge is 2.40. The molecule has 1 aliphatic rings. The number of nitrogens with zero attached hydrogens (tertiary/aromatic N) is 3. The van der Waals surface area contributed by atoms with E-state index in [9.17, 15) is 23.6 Å². The fourth-order valence-electron chi connectivity index (χ4n) is 3.81. The molecule has 0 spiro atoms. The summed E-state index contributed by atoms with van der Waals surface area (Å²) in [5, 5.41) is 17.7. The van der Waals surface area contributed by atoms with Crippen LogP contribution in [0, 0.1) is 5.92 Å². The van der Waals surface area contributed by atoms with Crippen LogP contribution in [0.4, 0.5) is 20.2 Å². The highest BCUT2D eigenvalue weighted by atomic mass is 19.3. The third-order valence-corrected chi connectivity index (χ3v) is 5.55. The molecular formula is C25H23F2N4O4+. The summed E-state index contributed by atoms with van der Waals surface area (Å²) >= 11 is 0. The molecule has 180 valence electrons. The van der Waals surface area contributed by atoms with Crippen LogP contribution in [0.15, 0.2) is 72.1 Å². The van der Waals surface area contributed by atoms with Crippen molar-refractivity contribution in [1.82, 2.24) is 0 Å². The molecule has 0 radical (unpaired) electrons. The first-order valence-corrected chi connectivity index (χ1v) is 10.7. The Bertz CT molecular complexity index is 1340. The normalized spacial score (nSPS) is 15.7. The number of hydrogen-bond donors (Lipinski definition) is 2. The zero-order chi connectivity index (χ0) is 25.3. The van der Waals surface area contributed by atoms with Crippen molar-refractivity contribution in [2.45, 2.75) is 19.8 Å². The van der Waals surface area contributed by atoms with E-state index in [1.807, 2.05) is 0 Å². The first kappa shape index (κ1) is 23.8. The van der Waals surface area contributed by atoms with Gasteiger partial charge in [-0.2, -0.15) is 10.1 Å². The molecule has 0 fully saturated rings. The topological polar surface area (TPSA) is 95.1 Å². The maximum Gasteiger partial charge on any atom is 0.270 e. The Morgan fingerprint density at radius 1 is 1.20 bits per heavy atom. The number of aromatic nitrogens is 1. The smallest absolute Gasteiger partial charge is 0.270 e. The van der Waals surface area contributed by atoms with E-state index in [1.54, 1.807) is 37.3 Å². The lowest BCUT2D eigenvalue weighted by molar-refractivity contribution is -0.904. The number of halogens is 2. The van der Waals surface area contributed by atoms with E-state index in [0.29, 0.717) is 22.6 Å². The second-order valence-electron chi connectivity index (χ2n) is 8.14. The van der Waals surface area contributed by atoms with E-state index in [1.165, 1.54) is 43.8 Å². The minimum atomic E-state index is -3.07. The van der Waals surface area contributed by atoms with Gasteiger partial charge in [-0.05, 0) is 43.3 Å². The van der Waals surface area contributed by atoms with Crippen molar-refractivity contribution in [3.63, 3.8) is 0 Å². The number of pyridine rings is 1. The van der Waals surface area contributed by atoms with Gasteiger partial charge in [-0.15, -0.1) is 0 Å². The van der Waals surface area contributed by atoms with E-state index >= 15 is 0 Å². The molecule has 0 aliphatic carbocycles. The predicted molar refractivity (Wildman–Crippen MR) is 125 cm³/mol. The Labute approximate surface area is 200 Å². The number of nitrogens with one attached hydrogen (secondary N) is 1. The average Bonchev–Trinajstić information content (AvgIpc) is 3.12. The van der Waals surface area contributed by atoms with Crippen molar-refractivity contribution >= 4 is 28.9 Å². The predicted octanol–water partition coefficient (Wildman–Crippen LogP) is 3.98. The van der Waals surface area contributed by atoms with E-state index in [0.717, 1.165) is 16.7 Å². The number of methoxy groups -OCH3 is 1. The van der Waals surface area contributed by atoms with Crippen LogP contribution < -0.4 is 19.8 Å². The van der Waals surface area contributed by atoms with Crippen LogP contribution in [0.2, 0.25) is 0 Å². The third kappa shape index (κ3) is 4.81. The molecule has 2 heterocycles. The molecule has 3 aromatic rings. The van der Waals surface area contributed by atoms with E-state index in [2.05, 4.69) is 10.4 Å². The molecule has 0 saturated heterocycles. The molecule has 10 heteroatoms. The van der Waals surface area contributed by atoms with Gasteiger partial charge in [0, 0.05) is 34.5 Å². The maximum atomic E-state index is 13.7. The van der Waals surface area contributed by atoms with Crippen molar-refractivity contribution < 1.29 is 33.0 Å². The van der Waals surface area contributed by atoms with E-state index in [-0.39, 0.29) is 17.0 Å². The Hall–Kier alpha value is -4.34. The van der Waals surface area contributed by atoms with Gasteiger partial charge in [0.2, 0.25) is 18.3 Å². The largest absolute Gasteiger partial charge is 0.496 e. The van der Waals surface area contributed by atoms with Gasteiger partial charge in [0.1, 0.15) is 5.75 Å². The maximum absolute atomic E-state index is 13.7. The molecular weight excluding hydrogens is 458 g/mol. The number of rotatable bonds is 6. The molecule has 35 heavy (non-hydrogen) atoms. The quantitative estimate of drug-likeness (QED) is 0.316. The zero-order valence-electron chi connectivity index (χ0n) is 19.2. The molecule has 0 saturated carbocycles. The van der Waals surface area contributed by atoms with Gasteiger partial charge < -0.3 is 10.1 Å². The van der Waals surface area contributed by atoms with Crippen molar-refractivity contribution in [2.75, 3.05) is 17.4 Å². The number of hydrogen-bond acceptors (Lipinski definition) is 5. The molecule has 2 N–H and O–H groups in total. The number of amides is 2. The summed E-state index contributed by atoms with van der Waals surface area (Å²) in [6, 6.07) is 13.7. The van der Waals surface area contributed by atoms with Gasteiger partial charge in [-0.3, -0.25) is 14.8 Å². The van der Waals surface area contributed by atoms with E-state index in [4.69, 9.17) is 4.74 Å². The fourth-order valence-corrected chi connectivity index (χ4v) is 3.81. The van der Waals surface area contributed by atoms with Gasteiger partial charge >= 0.3 is 0 Å². The minimum Gasteiger partial charge on any atom is -0.496 e. The summed E-state index contributed by atoms with van der Waals surface area (Å²) in [6.45, 7) is 2.32. The Kier molecular flexibility index (Phi) is 6.21. The molecule has 2 aromatic carbocycles. The summed E-state index contributed by atoms with van der Waals surface area (Å²) in [6.07, 6.45) is 2.93. The molecule has 4 rings (SSSR count). The Morgan fingerprint density at radius 3 is 2.66 bits per heavy atom. The first-order valence-electron chi connectivity index (χ1n) is 10.7. The van der Waals surface area contributed by atoms with Crippen LogP contribution in [-0.4, -0.2) is 29.8 Å². The third-order valence-electron chi connectivity index (χ3n) is 5.55. The number of benzene rings is 2. The van der Waals surface area contributed by atoms with Gasteiger partial charge in [0.25, 0.3) is 11.8 Å². The lowest BCUT2D eigenvalue weighted by Crippen LogP contribution is -2.36. The number of hydrazone groups is 1. The van der Waals surface area contributed by atoms with Crippen molar-refractivity contribution in [1.29, 1.82) is 0 Å². The monoisotopic (exact) mass is 481 g/mol. The molecule has 0 bridgehead atoms. The highest BCUT2D eigenvalue weighted by molar-refractivity contribution is 6.28. The minimum absolute atomic E-state index is 0.154. The standard InChI is InChI=1S/C25H22F2N4O4/c1-15-22(23(32)28-18-8-4-7-17(12-18)25(2,26)27)24(33)31(29-15)19-9-10-21(35-3)20(13-19)16-6-5-11-30(34)14-16/h4-14,22H,1-3H3,(H-,28,32,34)/p+1. The van der Waals surface area contributed by atoms with Crippen LogP contribution >= 0.6 is 0 Å². The van der Waals surface area contributed by atoms with Gasteiger partial charge in [0.15, 0.2) is 5.92 Å². The van der Waals surface area contributed by atoms with Crippen LogP contribution in [0.1, 0.15) is 19.4 Å². The number of anilines is 2. The molecule has 1 aliphatic heterocycles. The SMILES string of the molecule is COc1ccc(N2N=C(C)C(C(=O)Nc3cccc(C(C)(F)F)c3)C2=O)cc1-c1ccc[n+](O)c1. The molecule has 1 unspecified atom stereocenters. The van der Waals surface area contributed by atoms with Gasteiger partial charge in [-0.25, -0.2) is 8.78 Å². The highest BCUT2D eigenvalue weighted by Crippen LogP contribution is 2.35. The lowest BCUT2D eigenvalue weighted by Gasteiger charge is -2.17. The van der Waals surface area contributed by atoms with Crippen molar-refractivity contribution in [2.24, 2.45) is 11.0 Å². The fraction of sp³-hybridized carbons (Fsp3) is 0.200.